The Labute approximate surface area is 119 Å². The van der Waals surface area contributed by atoms with Crippen LogP contribution in [0.25, 0.3) is 0 Å². The van der Waals surface area contributed by atoms with Gasteiger partial charge in [0, 0.05) is 18.9 Å². The first kappa shape index (κ1) is 16.5. The minimum atomic E-state index is -0.622. The Morgan fingerprint density at radius 1 is 1.35 bits per heavy atom. The second-order valence-electron chi connectivity index (χ2n) is 5.89. The molecule has 0 aromatic carbocycles. The average molecular weight is 285 g/mol. The van der Waals surface area contributed by atoms with Crippen LogP contribution in [0.1, 0.15) is 47.0 Å². The molecule has 2 atom stereocenters. The van der Waals surface area contributed by atoms with E-state index in [4.69, 9.17) is 9.47 Å². The van der Waals surface area contributed by atoms with Gasteiger partial charge in [-0.3, -0.25) is 9.59 Å². The van der Waals surface area contributed by atoms with E-state index in [2.05, 4.69) is 5.32 Å². The zero-order chi connectivity index (χ0) is 15.3. The van der Waals surface area contributed by atoms with Crippen LogP contribution in [0.3, 0.4) is 0 Å². The molecule has 1 N–H and O–H groups in total. The number of rotatable bonds is 3. The molecule has 0 aromatic rings. The summed E-state index contributed by atoms with van der Waals surface area (Å²) in [6, 6.07) is -0.415. The largest absolute Gasteiger partial charge is 0.466 e. The van der Waals surface area contributed by atoms with Crippen LogP contribution in [0, 0.1) is 5.92 Å². The Morgan fingerprint density at radius 3 is 2.55 bits per heavy atom. The number of alkyl carbamates (subject to hydrolysis) is 1. The highest BCUT2D eigenvalue weighted by molar-refractivity contribution is 5.87. The number of ketones is 1. The molecule has 1 aliphatic rings. The molecule has 1 aliphatic carbocycles. The molecule has 114 valence electrons. The number of amides is 1. The van der Waals surface area contributed by atoms with Crippen molar-refractivity contribution >= 4 is 17.8 Å². The molecule has 0 heterocycles. The summed E-state index contributed by atoms with van der Waals surface area (Å²) in [6.45, 7) is 7.25. The smallest absolute Gasteiger partial charge is 0.407 e. The lowest BCUT2D eigenvalue weighted by atomic mass is 9.84. The number of nitrogens with one attached hydrogen (secondary N) is 1. The molecule has 0 spiro atoms. The Hall–Kier alpha value is -1.59. The SMILES string of the molecule is CCOC(=O)[C@@H]1CC(=O)CC[C@H]1NC(=O)OC(C)(C)C. The van der Waals surface area contributed by atoms with Gasteiger partial charge in [0.25, 0.3) is 0 Å². The molecular weight excluding hydrogens is 262 g/mol. The fourth-order valence-corrected chi connectivity index (χ4v) is 2.14. The van der Waals surface area contributed by atoms with Gasteiger partial charge in [-0.1, -0.05) is 0 Å². The normalized spacial score (nSPS) is 23.1. The van der Waals surface area contributed by atoms with Crippen molar-refractivity contribution in [3.8, 4) is 0 Å². The molecule has 0 bridgehead atoms. The van der Waals surface area contributed by atoms with Gasteiger partial charge < -0.3 is 14.8 Å². The second kappa shape index (κ2) is 6.72. The van der Waals surface area contributed by atoms with E-state index in [0.717, 1.165) is 0 Å². The summed E-state index contributed by atoms with van der Waals surface area (Å²) in [5.41, 5.74) is -0.603. The lowest BCUT2D eigenvalue weighted by Gasteiger charge is -2.30. The summed E-state index contributed by atoms with van der Waals surface area (Å²) >= 11 is 0. The molecule has 1 saturated carbocycles. The molecule has 0 unspecified atom stereocenters. The monoisotopic (exact) mass is 285 g/mol. The predicted molar refractivity (Wildman–Crippen MR) is 72.1 cm³/mol. The summed E-state index contributed by atoms with van der Waals surface area (Å²) < 4.78 is 10.1. The van der Waals surface area contributed by atoms with Crippen molar-refractivity contribution in [2.75, 3.05) is 6.61 Å². The molecule has 0 aliphatic heterocycles. The number of hydrogen-bond donors (Lipinski definition) is 1. The summed E-state index contributed by atoms with van der Waals surface area (Å²) in [6.07, 6.45) is 0.322. The maximum absolute atomic E-state index is 11.9. The van der Waals surface area contributed by atoms with Gasteiger partial charge in [-0.15, -0.1) is 0 Å². The van der Waals surface area contributed by atoms with Crippen LogP contribution in [0.5, 0.6) is 0 Å². The number of hydrogen-bond acceptors (Lipinski definition) is 5. The Kier molecular flexibility index (Phi) is 5.53. The van der Waals surface area contributed by atoms with Gasteiger partial charge in [-0.05, 0) is 34.1 Å². The van der Waals surface area contributed by atoms with Crippen molar-refractivity contribution in [1.82, 2.24) is 5.32 Å². The Balaban J connectivity index is 2.67. The van der Waals surface area contributed by atoms with Gasteiger partial charge in [0.15, 0.2) is 0 Å². The maximum Gasteiger partial charge on any atom is 0.407 e. The summed E-state index contributed by atoms with van der Waals surface area (Å²) in [5, 5.41) is 2.67. The van der Waals surface area contributed by atoms with E-state index in [-0.39, 0.29) is 18.8 Å². The summed E-state index contributed by atoms with van der Waals surface area (Å²) in [4.78, 5) is 35.1. The Morgan fingerprint density at radius 2 is 2.00 bits per heavy atom. The van der Waals surface area contributed by atoms with Crippen LogP contribution in [0.2, 0.25) is 0 Å². The highest BCUT2D eigenvalue weighted by Crippen LogP contribution is 2.24. The van der Waals surface area contributed by atoms with Crippen LogP contribution in [0.15, 0.2) is 0 Å². The summed E-state index contributed by atoms with van der Waals surface area (Å²) in [5.74, 6) is -1.05. The number of carbonyl (C=O) groups is 3. The topological polar surface area (TPSA) is 81.7 Å². The highest BCUT2D eigenvalue weighted by Gasteiger charge is 2.37. The number of esters is 1. The van der Waals surface area contributed by atoms with E-state index in [9.17, 15) is 14.4 Å². The maximum atomic E-state index is 11.9. The van der Waals surface area contributed by atoms with Crippen molar-refractivity contribution in [1.29, 1.82) is 0 Å². The highest BCUT2D eigenvalue weighted by atomic mass is 16.6. The van der Waals surface area contributed by atoms with Crippen LogP contribution in [-0.2, 0) is 19.1 Å². The first-order valence-electron chi connectivity index (χ1n) is 6.90. The van der Waals surface area contributed by atoms with Gasteiger partial charge >= 0.3 is 12.1 Å². The molecule has 1 rings (SSSR count). The van der Waals surface area contributed by atoms with Crippen LogP contribution in [-0.4, -0.2) is 36.1 Å². The van der Waals surface area contributed by atoms with Crippen LogP contribution < -0.4 is 5.32 Å². The van der Waals surface area contributed by atoms with E-state index >= 15 is 0 Å². The van der Waals surface area contributed by atoms with Crippen LogP contribution in [0.4, 0.5) is 4.79 Å². The standard InChI is InChI=1S/C14H23NO5/c1-5-19-12(17)10-8-9(16)6-7-11(10)15-13(18)20-14(2,3)4/h10-11H,5-8H2,1-4H3,(H,15,18)/t10-,11-/m1/s1. The van der Waals surface area contributed by atoms with Crippen molar-refractivity contribution in [3.63, 3.8) is 0 Å². The molecule has 20 heavy (non-hydrogen) atoms. The van der Waals surface area contributed by atoms with E-state index < -0.39 is 29.6 Å². The van der Waals surface area contributed by atoms with Gasteiger partial charge in [0.2, 0.25) is 0 Å². The molecule has 6 heteroatoms. The van der Waals surface area contributed by atoms with Crippen LogP contribution >= 0.6 is 0 Å². The fraction of sp³-hybridized carbons (Fsp3) is 0.786. The Bertz CT molecular complexity index is 386. The van der Waals surface area contributed by atoms with E-state index in [1.807, 2.05) is 0 Å². The summed E-state index contributed by atoms with van der Waals surface area (Å²) in [7, 11) is 0. The average Bonchev–Trinajstić information content (AvgIpc) is 2.29. The molecular formula is C14H23NO5. The minimum Gasteiger partial charge on any atom is -0.466 e. The number of Topliss-reactive ketones (excluding diaryl/α,β-unsaturated/α-hetero) is 1. The molecule has 0 saturated heterocycles. The first-order valence-corrected chi connectivity index (χ1v) is 6.90. The molecule has 1 amide bonds. The van der Waals surface area contributed by atoms with Gasteiger partial charge in [-0.2, -0.15) is 0 Å². The van der Waals surface area contributed by atoms with Crippen molar-refractivity contribution in [2.24, 2.45) is 5.92 Å². The number of carbonyl (C=O) groups excluding carboxylic acids is 3. The van der Waals surface area contributed by atoms with Gasteiger partial charge in [0.1, 0.15) is 11.4 Å². The van der Waals surface area contributed by atoms with Gasteiger partial charge in [0.05, 0.1) is 12.5 Å². The molecule has 0 radical (unpaired) electrons. The minimum absolute atomic E-state index is 0.0188. The first-order chi connectivity index (χ1) is 9.23. The quantitative estimate of drug-likeness (QED) is 0.800. The fourth-order valence-electron chi connectivity index (χ4n) is 2.14. The molecule has 1 fully saturated rings. The van der Waals surface area contributed by atoms with Crippen molar-refractivity contribution in [2.45, 2.75) is 58.6 Å². The lowest BCUT2D eigenvalue weighted by molar-refractivity contribution is -0.152. The molecule has 0 aromatic heterocycles. The van der Waals surface area contributed by atoms with E-state index in [1.54, 1.807) is 27.7 Å². The van der Waals surface area contributed by atoms with Gasteiger partial charge in [-0.25, -0.2) is 4.79 Å². The third-order valence-electron chi connectivity index (χ3n) is 2.96. The third kappa shape index (κ3) is 5.19. The number of ether oxygens (including phenoxy) is 2. The zero-order valence-electron chi connectivity index (χ0n) is 12.5. The van der Waals surface area contributed by atoms with E-state index in [0.29, 0.717) is 12.8 Å². The molecule has 6 nitrogen and oxygen atoms in total. The predicted octanol–water partition coefficient (Wildman–Crippen LogP) is 1.81. The third-order valence-corrected chi connectivity index (χ3v) is 2.96. The zero-order valence-corrected chi connectivity index (χ0v) is 12.5. The van der Waals surface area contributed by atoms with E-state index in [1.165, 1.54) is 0 Å². The second-order valence-corrected chi connectivity index (χ2v) is 5.89. The van der Waals surface area contributed by atoms with Crippen molar-refractivity contribution < 1.29 is 23.9 Å². The van der Waals surface area contributed by atoms with Crippen molar-refractivity contribution in [3.05, 3.63) is 0 Å². The lowest BCUT2D eigenvalue weighted by Crippen LogP contribution is -2.48.